The first-order chi connectivity index (χ1) is 14.0. The summed E-state index contributed by atoms with van der Waals surface area (Å²) in [6, 6.07) is 18.1. The number of benzene rings is 2. The van der Waals surface area contributed by atoms with E-state index in [2.05, 4.69) is 52.1 Å². The van der Waals surface area contributed by atoms with Gasteiger partial charge in [-0.1, -0.05) is 62.0 Å². The minimum Gasteiger partial charge on any atom is -0.325 e. The molecule has 1 fully saturated rings. The van der Waals surface area contributed by atoms with Crippen LogP contribution < -0.4 is 5.32 Å². The molecule has 29 heavy (non-hydrogen) atoms. The van der Waals surface area contributed by atoms with Gasteiger partial charge in [0.15, 0.2) is 5.16 Å². The number of hydrogen-bond donors (Lipinski definition) is 1. The van der Waals surface area contributed by atoms with E-state index in [0.717, 1.165) is 40.8 Å². The van der Waals surface area contributed by atoms with Crippen LogP contribution in [0.2, 0.25) is 0 Å². The summed E-state index contributed by atoms with van der Waals surface area (Å²) in [6.07, 6.45) is 2.30. The summed E-state index contributed by atoms with van der Waals surface area (Å²) < 4.78 is 2.11. The Morgan fingerprint density at radius 1 is 1.03 bits per heavy atom. The van der Waals surface area contributed by atoms with Gasteiger partial charge in [0.1, 0.15) is 5.82 Å². The molecule has 2 aromatic carbocycles. The lowest BCUT2D eigenvalue weighted by molar-refractivity contribution is -0.115. The number of carbonyl (C=O) groups is 1. The van der Waals surface area contributed by atoms with Crippen LogP contribution in [-0.2, 0) is 4.79 Å². The molecule has 5 nitrogen and oxygen atoms in total. The molecule has 1 heterocycles. The molecule has 1 aliphatic carbocycles. The molecule has 1 aromatic heterocycles. The Morgan fingerprint density at radius 3 is 2.41 bits per heavy atom. The fraction of sp³-hybridized carbons (Fsp3) is 0.348. The lowest BCUT2D eigenvalue weighted by Gasteiger charge is -2.17. The number of rotatable bonds is 7. The van der Waals surface area contributed by atoms with Crippen LogP contribution in [0.5, 0.6) is 0 Å². The van der Waals surface area contributed by atoms with Crippen molar-refractivity contribution < 1.29 is 4.79 Å². The summed E-state index contributed by atoms with van der Waals surface area (Å²) in [5.74, 6) is 1.78. The largest absolute Gasteiger partial charge is 0.325 e. The zero-order valence-corrected chi connectivity index (χ0v) is 17.8. The third-order valence-corrected chi connectivity index (χ3v) is 6.15. The molecular weight excluding hydrogens is 380 g/mol. The van der Waals surface area contributed by atoms with Gasteiger partial charge in [0.2, 0.25) is 5.91 Å². The molecule has 1 aliphatic rings. The van der Waals surface area contributed by atoms with Gasteiger partial charge >= 0.3 is 0 Å². The summed E-state index contributed by atoms with van der Waals surface area (Å²) in [7, 11) is 0. The fourth-order valence-electron chi connectivity index (χ4n) is 3.34. The molecule has 1 atom stereocenters. The number of nitrogens with one attached hydrogen (secondary N) is 1. The topological polar surface area (TPSA) is 59.8 Å². The Bertz CT molecular complexity index is 995. The molecule has 0 radical (unpaired) electrons. The summed E-state index contributed by atoms with van der Waals surface area (Å²) in [5.41, 5.74) is 3.06. The van der Waals surface area contributed by atoms with Gasteiger partial charge in [0.05, 0.1) is 5.25 Å². The van der Waals surface area contributed by atoms with Crippen molar-refractivity contribution in [1.82, 2.24) is 14.8 Å². The monoisotopic (exact) mass is 406 g/mol. The van der Waals surface area contributed by atoms with Crippen molar-refractivity contribution in [3.8, 4) is 5.69 Å². The third-order valence-electron chi connectivity index (χ3n) is 5.11. The number of nitrogens with zero attached hydrogens (tertiary/aromatic N) is 3. The number of hydrogen-bond acceptors (Lipinski definition) is 4. The molecule has 6 heteroatoms. The van der Waals surface area contributed by atoms with Crippen molar-refractivity contribution in [3.05, 3.63) is 66.0 Å². The van der Waals surface area contributed by atoms with Gasteiger partial charge < -0.3 is 5.32 Å². The molecule has 0 unspecified atom stereocenters. The standard InChI is InChI=1S/C23H26N4OS/c1-15(2)19-11-7-8-12-20(19)24-22(28)16(3)29-23-26-25-21(17-13-14-17)27(23)18-9-5-4-6-10-18/h4-12,15-17H,13-14H2,1-3H3,(H,24,28)/t16-/m0/s1. The van der Waals surface area contributed by atoms with E-state index in [-0.39, 0.29) is 11.2 Å². The van der Waals surface area contributed by atoms with E-state index in [0.29, 0.717) is 11.8 Å². The second kappa shape index (κ2) is 8.41. The van der Waals surface area contributed by atoms with Crippen LogP contribution in [-0.4, -0.2) is 25.9 Å². The first-order valence-electron chi connectivity index (χ1n) is 10.1. The predicted molar refractivity (Wildman–Crippen MR) is 118 cm³/mol. The van der Waals surface area contributed by atoms with Gasteiger partial charge in [-0.15, -0.1) is 10.2 Å². The quantitative estimate of drug-likeness (QED) is 0.535. The van der Waals surface area contributed by atoms with Gasteiger partial charge in [0, 0.05) is 17.3 Å². The number of carbonyl (C=O) groups excluding carboxylic acids is 1. The molecule has 1 saturated carbocycles. The molecule has 150 valence electrons. The Hall–Kier alpha value is -2.60. The fourth-order valence-corrected chi connectivity index (χ4v) is 4.22. The summed E-state index contributed by atoms with van der Waals surface area (Å²) in [5, 5.41) is 12.4. The number of para-hydroxylation sites is 2. The molecule has 0 bridgehead atoms. The minimum absolute atomic E-state index is 0.0290. The maximum atomic E-state index is 12.9. The Labute approximate surface area is 175 Å². The lowest BCUT2D eigenvalue weighted by Crippen LogP contribution is -2.23. The second-order valence-corrected chi connectivity index (χ2v) is 9.09. The number of thioether (sulfide) groups is 1. The second-order valence-electron chi connectivity index (χ2n) is 7.78. The summed E-state index contributed by atoms with van der Waals surface area (Å²) >= 11 is 1.45. The van der Waals surface area contributed by atoms with E-state index in [1.165, 1.54) is 11.8 Å². The number of aromatic nitrogens is 3. The highest BCUT2D eigenvalue weighted by atomic mass is 32.2. The molecule has 0 saturated heterocycles. The zero-order chi connectivity index (χ0) is 20.4. The summed E-state index contributed by atoms with van der Waals surface area (Å²) in [4.78, 5) is 12.9. The van der Waals surface area contributed by atoms with Gasteiger partial charge in [0.25, 0.3) is 0 Å². The van der Waals surface area contributed by atoms with Gasteiger partial charge in [-0.25, -0.2) is 0 Å². The van der Waals surface area contributed by atoms with Crippen LogP contribution in [0.15, 0.2) is 59.8 Å². The van der Waals surface area contributed by atoms with E-state index in [1.54, 1.807) is 0 Å². The smallest absolute Gasteiger partial charge is 0.237 e. The molecular formula is C23H26N4OS. The van der Waals surface area contributed by atoms with E-state index in [9.17, 15) is 4.79 Å². The number of anilines is 1. The third kappa shape index (κ3) is 4.37. The molecule has 3 aromatic rings. The van der Waals surface area contributed by atoms with Crippen molar-refractivity contribution in [2.45, 2.75) is 55.9 Å². The first kappa shape index (κ1) is 19.7. The van der Waals surface area contributed by atoms with Crippen molar-refractivity contribution in [2.75, 3.05) is 5.32 Å². The van der Waals surface area contributed by atoms with Crippen molar-refractivity contribution in [2.24, 2.45) is 0 Å². The maximum Gasteiger partial charge on any atom is 0.237 e. The Balaban J connectivity index is 1.55. The van der Waals surface area contributed by atoms with Crippen LogP contribution in [0.25, 0.3) is 5.69 Å². The van der Waals surface area contributed by atoms with E-state index in [4.69, 9.17) is 0 Å². The first-order valence-corrected chi connectivity index (χ1v) is 11.0. The SMILES string of the molecule is CC(C)c1ccccc1NC(=O)[C@H](C)Sc1nnc(C2CC2)n1-c1ccccc1. The molecule has 1 amide bonds. The molecule has 0 aliphatic heterocycles. The zero-order valence-electron chi connectivity index (χ0n) is 17.0. The predicted octanol–water partition coefficient (Wildman–Crippen LogP) is 5.39. The van der Waals surface area contributed by atoms with Crippen LogP contribution in [0.4, 0.5) is 5.69 Å². The highest BCUT2D eigenvalue weighted by Crippen LogP contribution is 2.41. The van der Waals surface area contributed by atoms with E-state index < -0.39 is 0 Å². The normalized spacial score (nSPS) is 14.8. The molecule has 0 spiro atoms. The van der Waals surface area contributed by atoms with Crippen LogP contribution >= 0.6 is 11.8 Å². The highest BCUT2D eigenvalue weighted by Gasteiger charge is 2.32. The Morgan fingerprint density at radius 2 is 1.72 bits per heavy atom. The lowest BCUT2D eigenvalue weighted by atomic mass is 10.0. The highest BCUT2D eigenvalue weighted by molar-refractivity contribution is 8.00. The van der Waals surface area contributed by atoms with Gasteiger partial charge in [-0.2, -0.15) is 0 Å². The van der Waals surface area contributed by atoms with E-state index in [1.807, 2.05) is 43.3 Å². The van der Waals surface area contributed by atoms with Crippen molar-refractivity contribution >= 4 is 23.4 Å². The van der Waals surface area contributed by atoms with Crippen molar-refractivity contribution in [3.63, 3.8) is 0 Å². The van der Waals surface area contributed by atoms with Crippen molar-refractivity contribution in [1.29, 1.82) is 0 Å². The van der Waals surface area contributed by atoms with E-state index >= 15 is 0 Å². The van der Waals surface area contributed by atoms with Gasteiger partial charge in [-0.05, 0) is 49.4 Å². The number of amides is 1. The van der Waals surface area contributed by atoms with Gasteiger partial charge in [-0.3, -0.25) is 9.36 Å². The van der Waals surface area contributed by atoms with Crippen LogP contribution in [0.3, 0.4) is 0 Å². The average molecular weight is 407 g/mol. The van der Waals surface area contributed by atoms with Crippen LogP contribution in [0, 0.1) is 0 Å². The van der Waals surface area contributed by atoms with Crippen LogP contribution in [0.1, 0.15) is 56.8 Å². The average Bonchev–Trinajstić information content (AvgIpc) is 3.49. The molecule has 4 rings (SSSR count). The Kier molecular flexibility index (Phi) is 5.72. The minimum atomic E-state index is -0.297. The maximum absolute atomic E-state index is 12.9. The molecule has 1 N–H and O–H groups in total. The summed E-state index contributed by atoms with van der Waals surface area (Å²) in [6.45, 7) is 6.18.